The normalized spacial score (nSPS) is 12.4. The summed E-state index contributed by atoms with van der Waals surface area (Å²) in [5, 5.41) is 3.47. The minimum absolute atomic E-state index is 0.00513. The van der Waals surface area contributed by atoms with Crippen molar-refractivity contribution in [2.24, 2.45) is 5.92 Å². The largest absolute Gasteiger partial charge is 0.483 e. The molecule has 1 aromatic carbocycles. The molecule has 1 heterocycles. The van der Waals surface area contributed by atoms with Crippen molar-refractivity contribution in [3.05, 3.63) is 59.9 Å². The van der Waals surface area contributed by atoms with Gasteiger partial charge in [-0.25, -0.2) is 0 Å². The van der Waals surface area contributed by atoms with Gasteiger partial charge in [0.15, 0.2) is 0 Å². The van der Waals surface area contributed by atoms with Gasteiger partial charge in [-0.3, -0.25) is 4.98 Å². The molecule has 0 saturated carbocycles. The van der Waals surface area contributed by atoms with Crippen LogP contribution >= 0.6 is 0 Å². The number of hydrogen-bond acceptors (Lipinski definition) is 3. The molecule has 0 aliphatic rings. The fourth-order valence-corrected chi connectivity index (χ4v) is 2.09. The van der Waals surface area contributed by atoms with Crippen molar-refractivity contribution in [2.45, 2.75) is 26.9 Å². The summed E-state index contributed by atoms with van der Waals surface area (Å²) >= 11 is 0. The average molecular weight is 284 g/mol. The SMILES string of the molecule is Cc1ccc(OC(CNCC(C)C)c2ccccc2)cn1. The summed E-state index contributed by atoms with van der Waals surface area (Å²) in [5.41, 5.74) is 2.17. The predicted octanol–water partition coefficient (Wildman–Crippen LogP) is 3.76. The van der Waals surface area contributed by atoms with Crippen LogP contribution in [0.25, 0.3) is 0 Å². The average Bonchev–Trinajstić information content (AvgIpc) is 2.49. The van der Waals surface area contributed by atoms with Gasteiger partial charge in [-0.2, -0.15) is 0 Å². The minimum atomic E-state index is -0.00513. The van der Waals surface area contributed by atoms with Gasteiger partial charge in [0.05, 0.1) is 6.20 Å². The van der Waals surface area contributed by atoms with E-state index in [4.69, 9.17) is 4.74 Å². The lowest BCUT2D eigenvalue weighted by molar-refractivity contribution is 0.199. The highest BCUT2D eigenvalue weighted by molar-refractivity contribution is 5.23. The van der Waals surface area contributed by atoms with Gasteiger partial charge < -0.3 is 10.1 Å². The van der Waals surface area contributed by atoms with Crippen LogP contribution in [-0.4, -0.2) is 18.1 Å². The van der Waals surface area contributed by atoms with Crippen LogP contribution in [0, 0.1) is 12.8 Å². The molecule has 1 unspecified atom stereocenters. The van der Waals surface area contributed by atoms with Crippen molar-refractivity contribution >= 4 is 0 Å². The zero-order valence-corrected chi connectivity index (χ0v) is 13.0. The van der Waals surface area contributed by atoms with E-state index >= 15 is 0 Å². The molecule has 2 aromatic rings. The highest BCUT2D eigenvalue weighted by Gasteiger charge is 2.13. The molecule has 0 amide bonds. The van der Waals surface area contributed by atoms with Gasteiger partial charge in [-0.15, -0.1) is 0 Å². The molecule has 0 spiro atoms. The van der Waals surface area contributed by atoms with E-state index in [1.165, 1.54) is 5.56 Å². The number of benzene rings is 1. The summed E-state index contributed by atoms with van der Waals surface area (Å²) in [6.07, 6.45) is 1.78. The Morgan fingerprint density at radius 2 is 1.81 bits per heavy atom. The lowest BCUT2D eigenvalue weighted by atomic mass is 10.1. The first-order valence-corrected chi connectivity index (χ1v) is 7.50. The maximum atomic E-state index is 6.11. The van der Waals surface area contributed by atoms with Gasteiger partial charge in [0, 0.05) is 12.2 Å². The summed E-state index contributed by atoms with van der Waals surface area (Å²) in [6, 6.07) is 14.3. The van der Waals surface area contributed by atoms with Gasteiger partial charge >= 0.3 is 0 Å². The Labute approximate surface area is 127 Å². The smallest absolute Gasteiger partial charge is 0.138 e. The van der Waals surface area contributed by atoms with E-state index < -0.39 is 0 Å². The molecule has 0 radical (unpaired) electrons. The fourth-order valence-electron chi connectivity index (χ4n) is 2.09. The Balaban J connectivity index is 2.06. The van der Waals surface area contributed by atoms with Crippen molar-refractivity contribution in [3.63, 3.8) is 0 Å². The zero-order chi connectivity index (χ0) is 15.1. The standard InChI is InChI=1S/C18H24N2O/c1-14(2)11-19-13-18(16-7-5-4-6-8-16)21-17-10-9-15(3)20-12-17/h4-10,12,14,18-19H,11,13H2,1-3H3. The fraction of sp³-hybridized carbons (Fsp3) is 0.389. The molecule has 1 N–H and O–H groups in total. The number of aromatic nitrogens is 1. The summed E-state index contributed by atoms with van der Waals surface area (Å²) in [5.74, 6) is 1.43. The van der Waals surface area contributed by atoms with Crippen molar-refractivity contribution in [1.82, 2.24) is 10.3 Å². The summed E-state index contributed by atoms with van der Waals surface area (Å²) in [7, 11) is 0. The molecule has 0 aliphatic heterocycles. The molecule has 0 fully saturated rings. The molecule has 21 heavy (non-hydrogen) atoms. The van der Waals surface area contributed by atoms with E-state index in [-0.39, 0.29) is 6.10 Å². The zero-order valence-electron chi connectivity index (χ0n) is 13.0. The Kier molecular flexibility index (Phi) is 5.76. The maximum Gasteiger partial charge on any atom is 0.138 e. The van der Waals surface area contributed by atoms with Gasteiger partial charge in [-0.05, 0) is 37.1 Å². The highest BCUT2D eigenvalue weighted by Crippen LogP contribution is 2.21. The lowest BCUT2D eigenvalue weighted by Gasteiger charge is -2.20. The summed E-state index contributed by atoms with van der Waals surface area (Å²) in [6.45, 7) is 8.15. The monoisotopic (exact) mass is 284 g/mol. The Morgan fingerprint density at radius 1 is 1.05 bits per heavy atom. The number of rotatable bonds is 7. The number of nitrogens with zero attached hydrogens (tertiary/aromatic N) is 1. The van der Waals surface area contributed by atoms with Crippen molar-refractivity contribution in [3.8, 4) is 5.75 Å². The second-order valence-corrected chi connectivity index (χ2v) is 5.70. The molecule has 0 saturated heterocycles. The number of hydrogen-bond donors (Lipinski definition) is 1. The molecule has 0 bridgehead atoms. The Morgan fingerprint density at radius 3 is 2.43 bits per heavy atom. The predicted molar refractivity (Wildman–Crippen MR) is 86.5 cm³/mol. The Hall–Kier alpha value is -1.87. The second-order valence-electron chi connectivity index (χ2n) is 5.70. The molecule has 3 heteroatoms. The van der Waals surface area contributed by atoms with Crippen LogP contribution in [0.4, 0.5) is 0 Å². The van der Waals surface area contributed by atoms with E-state index in [1.54, 1.807) is 6.20 Å². The van der Waals surface area contributed by atoms with Gasteiger partial charge in [-0.1, -0.05) is 44.2 Å². The van der Waals surface area contributed by atoms with Crippen molar-refractivity contribution < 1.29 is 4.74 Å². The highest BCUT2D eigenvalue weighted by atomic mass is 16.5. The van der Waals surface area contributed by atoms with E-state index in [1.807, 2.05) is 37.3 Å². The number of nitrogens with one attached hydrogen (secondary N) is 1. The van der Waals surface area contributed by atoms with Crippen LogP contribution in [0.1, 0.15) is 31.2 Å². The third kappa shape index (κ3) is 5.20. The van der Waals surface area contributed by atoms with E-state index in [9.17, 15) is 0 Å². The van der Waals surface area contributed by atoms with Crippen LogP contribution in [0.2, 0.25) is 0 Å². The number of ether oxygens (including phenoxy) is 1. The topological polar surface area (TPSA) is 34.1 Å². The number of pyridine rings is 1. The summed E-state index contributed by atoms with van der Waals surface area (Å²) in [4.78, 5) is 4.29. The molecular formula is C18H24N2O. The minimum Gasteiger partial charge on any atom is -0.483 e. The van der Waals surface area contributed by atoms with E-state index in [2.05, 4.69) is 36.3 Å². The lowest BCUT2D eigenvalue weighted by Crippen LogP contribution is -2.28. The second kappa shape index (κ2) is 7.79. The van der Waals surface area contributed by atoms with Crippen molar-refractivity contribution in [1.29, 1.82) is 0 Å². The first kappa shape index (κ1) is 15.5. The molecule has 0 aliphatic carbocycles. The van der Waals surface area contributed by atoms with Crippen LogP contribution in [-0.2, 0) is 0 Å². The quantitative estimate of drug-likeness (QED) is 0.840. The van der Waals surface area contributed by atoms with Gasteiger partial charge in [0.1, 0.15) is 11.9 Å². The van der Waals surface area contributed by atoms with Crippen LogP contribution in [0.5, 0.6) is 5.75 Å². The molecule has 1 atom stereocenters. The summed E-state index contributed by atoms with van der Waals surface area (Å²) < 4.78 is 6.11. The molecule has 112 valence electrons. The number of aryl methyl sites for hydroxylation is 1. The molecule has 3 nitrogen and oxygen atoms in total. The molecule has 2 rings (SSSR count). The van der Waals surface area contributed by atoms with Gasteiger partial charge in [0.2, 0.25) is 0 Å². The first-order valence-electron chi connectivity index (χ1n) is 7.50. The van der Waals surface area contributed by atoms with Crippen LogP contribution < -0.4 is 10.1 Å². The molecule has 1 aromatic heterocycles. The van der Waals surface area contributed by atoms with Crippen LogP contribution in [0.15, 0.2) is 48.7 Å². The van der Waals surface area contributed by atoms with Crippen molar-refractivity contribution in [2.75, 3.05) is 13.1 Å². The third-order valence-corrected chi connectivity index (χ3v) is 3.22. The third-order valence-electron chi connectivity index (χ3n) is 3.22. The van der Waals surface area contributed by atoms with E-state index in [0.29, 0.717) is 5.92 Å². The van der Waals surface area contributed by atoms with Gasteiger partial charge in [0.25, 0.3) is 0 Å². The maximum absolute atomic E-state index is 6.11. The van der Waals surface area contributed by atoms with Crippen LogP contribution in [0.3, 0.4) is 0 Å². The Bertz CT molecular complexity index is 523. The van der Waals surface area contributed by atoms with E-state index in [0.717, 1.165) is 24.5 Å². The first-order chi connectivity index (χ1) is 10.1. The molecular weight excluding hydrogens is 260 g/mol.